The number of carbonyl (C=O) groups is 1. The summed E-state index contributed by atoms with van der Waals surface area (Å²) in [5, 5.41) is 8.42. The highest BCUT2D eigenvalue weighted by molar-refractivity contribution is 5.85. The Kier molecular flexibility index (Phi) is 4.32. The minimum atomic E-state index is -0.483. The van der Waals surface area contributed by atoms with Gasteiger partial charge in [-0.3, -0.25) is 9.59 Å². The highest BCUT2D eigenvalue weighted by Gasteiger charge is 2.21. The van der Waals surface area contributed by atoms with Crippen LogP contribution in [0.25, 0.3) is 10.8 Å². The minimum Gasteiger partial charge on any atom is -0.350 e. The summed E-state index contributed by atoms with van der Waals surface area (Å²) in [7, 11) is 0. The van der Waals surface area contributed by atoms with Crippen LogP contribution < -0.4 is 10.9 Å². The highest BCUT2D eigenvalue weighted by Crippen LogP contribution is 2.15. The number of fused-ring (bicyclic) bond motifs is 1. The maximum absolute atomic E-state index is 12.3. The average Bonchev–Trinajstić information content (AvgIpc) is 2.47. The molecule has 1 N–H and O–H groups in total. The topological polar surface area (TPSA) is 64.0 Å². The van der Waals surface area contributed by atoms with Crippen LogP contribution in [-0.4, -0.2) is 15.7 Å². The lowest BCUT2D eigenvalue weighted by molar-refractivity contribution is -0.128. The first-order valence-corrected chi connectivity index (χ1v) is 7.05. The molecule has 2 aromatic rings. The number of aromatic nitrogens is 2. The molecule has 0 aliphatic rings. The van der Waals surface area contributed by atoms with Gasteiger partial charge in [-0.25, -0.2) is 4.68 Å². The van der Waals surface area contributed by atoms with Crippen molar-refractivity contribution in [1.82, 2.24) is 15.1 Å². The standard InChI is InChI=1S/C17H19N3O2/c1-5-10-20-15(21)13-9-7-6-8-12(13)14(19-20)11-18-16(22)17(2,3)4/h1,6-9H,10-11H2,2-4H3,(H,18,22). The average molecular weight is 297 g/mol. The fourth-order valence-corrected chi connectivity index (χ4v) is 2.06. The monoisotopic (exact) mass is 297 g/mol. The molecule has 0 fully saturated rings. The molecular formula is C17H19N3O2. The molecule has 1 aromatic heterocycles. The Morgan fingerprint density at radius 1 is 1.32 bits per heavy atom. The molecule has 1 amide bonds. The lowest BCUT2D eigenvalue weighted by Gasteiger charge is -2.18. The van der Waals surface area contributed by atoms with Crippen LogP contribution in [0.15, 0.2) is 29.1 Å². The first kappa shape index (κ1) is 15.8. The van der Waals surface area contributed by atoms with Gasteiger partial charge in [0.2, 0.25) is 5.91 Å². The van der Waals surface area contributed by atoms with E-state index in [-0.39, 0.29) is 24.6 Å². The third-order valence-corrected chi connectivity index (χ3v) is 3.28. The van der Waals surface area contributed by atoms with Gasteiger partial charge in [-0.1, -0.05) is 44.9 Å². The van der Waals surface area contributed by atoms with Crippen LogP contribution in [-0.2, 0) is 17.9 Å². The Morgan fingerprint density at radius 2 is 1.95 bits per heavy atom. The summed E-state index contributed by atoms with van der Waals surface area (Å²) in [6.45, 7) is 5.87. The predicted molar refractivity (Wildman–Crippen MR) is 86.1 cm³/mol. The maximum Gasteiger partial charge on any atom is 0.275 e. The number of rotatable bonds is 3. The van der Waals surface area contributed by atoms with Gasteiger partial charge in [-0.05, 0) is 6.07 Å². The first-order chi connectivity index (χ1) is 10.3. The Labute approximate surface area is 129 Å². The van der Waals surface area contributed by atoms with Crippen LogP contribution in [0.3, 0.4) is 0 Å². The number of hydrogen-bond acceptors (Lipinski definition) is 3. The van der Waals surface area contributed by atoms with E-state index in [4.69, 9.17) is 6.42 Å². The molecule has 0 aliphatic carbocycles. The number of nitrogens with one attached hydrogen (secondary N) is 1. The molecule has 0 unspecified atom stereocenters. The minimum absolute atomic E-state index is 0.0759. The van der Waals surface area contributed by atoms with Gasteiger partial charge in [0.1, 0.15) is 6.54 Å². The molecule has 1 heterocycles. The van der Waals surface area contributed by atoms with E-state index in [0.717, 1.165) is 5.39 Å². The van der Waals surface area contributed by atoms with Crippen LogP contribution in [0.1, 0.15) is 26.5 Å². The van der Waals surface area contributed by atoms with Gasteiger partial charge in [0.15, 0.2) is 0 Å². The van der Waals surface area contributed by atoms with Gasteiger partial charge in [-0.15, -0.1) is 6.42 Å². The smallest absolute Gasteiger partial charge is 0.275 e. The summed E-state index contributed by atoms with van der Waals surface area (Å²) in [5.74, 6) is 2.34. The van der Waals surface area contributed by atoms with Crippen LogP contribution >= 0.6 is 0 Å². The van der Waals surface area contributed by atoms with Crippen molar-refractivity contribution in [3.63, 3.8) is 0 Å². The molecule has 22 heavy (non-hydrogen) atoms. The largest absolute Gasteiger partial charge is 0.350 e. The number of carbonyl (C=O) groups excluding carboxylic acids is 1. The van der Waals surface area contributed by atoms with Crippen LogP contribution in [0.5, 0.6) is 0 Å². The molecule has 1 aromatic carbocycles. The van der Waals surface area contributed by atoms with Crippen molar-refractivity contribution in [2.24, 2.45) is 5.41 Å². The molecule has 2 rings (SSSR count). The van der Waals surface area contributed by atoms with E-state index in [1.54, 1.807) is 12.1 Å². The number of amides is 1. The van der Waals surface area contributed by atoms with Crippen molar-refractivity contribution in [3.05, 3.63) is 40.3 Å². The maximum atomic E-state index is 12.3. The fraction of sp³-hybridized carbons (Fsp3) is 0.353. The zero-order chi connectivity index (χ0) is 16.3. The van der Waals surface area contributed by atoms with E-state index in [1.807, 2.05) is 32.9 Å². The number of nitrogens with zero attached hydrogens (tertiary/aromatic N) is 2. The van der Waals surface area contributed by atoms with Crippen molar-refractivity contribution >= 4 is 16.7 Å². The summed E-state index contributed by atoms with van der Waals surface area (Å²) >= 11 is 0. The normalized spacial score (nSPS) is 11.2. The molecule has 114 valence electrons. The summed E-state index contributed by atoms with van der Waals surface area (Å²) in [6, 6.07) is 7.19. The van der Waals surface area contributed by atoms with Crippen molar-refractivity contribution in [2.75, 3.05) is 0 Å². The van der Waals surface area contributed by atoms with E-state index >= 15 is 0 Å². The summed E-state index contributed by atoms with van der Waals surface area (Å²) in [4.78, 5) is 24.3. The second kappa shape index (κ2) is 6.02. The number of terminal acetylenes is 1. The van der Waals surface area contributed by atoms with E-state index in [9.17, 15) is 9.59 Å². The molecule has 0 saturated carbocycles. The van der Waals surface area contributed by atoms with E-state index in [1.165, 1.54) is 4.68 Å². The summed E-state index contributed by atoms with van der Waals surface area (Å²) in [5.41, 5.74) is -0.0780. The highest BCUT2D eigenvalue weighted by atomic mass is 16.2. The van der Waals surface area contributed by atoms with Crippen molar-refractivity contribution in [1.29, 1.82) is 0 Å². The van der Waals surface area contributed by atoms with Gasteiger partial charge < -0.3 is 5.32 Å². The van der Waals surface area contributed by atoms with Crippen molar-refractivity contribution in [2.45, 2.75) is 33.9 Å². The van der Waals surface area contributed by atoms with Gasteiger partial charge in [0.05, 0.1) is 17.6 Å². The fourth-order valence-electron chi connectivity index (χ4n) is 2.06. The van der Waals surface area contributed by atoms with Gasteiger partial charge in [-0.2, -0.15) is 5.10 Å². The Balaban J connectivity index is 2.45. The third-order valence-electron chi connectivity index (χ3n) is 3.28. The SMILES string of the molecule is C#CCn1nc(CNC(=O)C(C)(C)C)c2ccccc2c1=O. The first-order valence-electron chi connectivity index (χ1n) is 7.05. The molecule has 0 atom stereocenters. The Morgan fingerprint density at radius 3 is 2.55 bits per heavy atom. The third kappa shape index (κ3) is 3.17. The lowest BCUT2D eigenvalue weighted by Crippen LogP contribution is -2.35. The van der Waals surface area contributed by atoms with E-state index < -0.39 is 5.41 Å². The zero-order valence-electron chi connectivity index (χ0n) is 13.0. The van der Waals surface area contributed by atoms with E-state index in [2.05, 4.69) is 16.3 Å². The molecule has 0 bridgehead atoms. The van der Waals surface area contributed by atoms with E-state index in [0.29, 0.717) is 11.1 Å². The second-order valence-corrected chi connectivity index (χ2v) is 6.09. The molecule has 0 radical (unpaired) electrons. The Bertz CT molecular complexity index is 807. The quantitative estimate of drug-likeness (QED) is 0.877. The van der Waals surface area contributed by atoms with Gasteiger partial charge in [0.25, 0.3) is 5.56 Å². The molecule has 0 saturated heterocycles. The van der Waals surface area contributed by atoms with Crippen molar-refractivity contribution in [3.8, 4) is 12.3 Å². The molecule has 0 aliphatic heterocycles. The molecule has 5 nitrogen and oxygen atoms in total. The molecule has 5 heteroatoms. The summed E-state index contributed by atoms with van der Waals surface area (Å²) < 4.78 is 1.25. The molecular weight excluding hydrogens is 278 g/mol. The molecule has 0 spiro atoms. The van der Waals surface area contributed by atoms with Crippen molar-refractivity contribution < 1.29 is 4.79 Å². The predicted octanol–water partition coefficient (Wildman–Crippen LogP) is 1.69. The number of benzene rings is 1. The zero-order valence-corrected chi connectivity index (χ0v) is 13.0. The van der Waals surface area contributed by atoms with Crippen LogP contribution in [0, 0.1) is 17.8 Å². The number of hydrogen-bond donors (Lipinski definition) is 1. The van der Waals surface area contributed by atoms with Gasteiger partial charge >= 0.3 is 0 Å². The summed E-state index contributed by atoms with van der Waals surface area (Å²) in [6.07, 6.45) is 5.28. The van der Waals surface area contributed by atoms with Gasteiger partial charge in [0, 0.05) is 10.8 Å². The Hall–Kier alpha value is -2.61. The van der Waals surface area contributed by atoms with Crippen LogP contribution in [0.4, 0.5) is 0 Å². The second-order valence-electron chi connectivity index (χ2n) is 6.09. The van der Waals surface area contributed by atoms with Crippen LogP contribution in [0.2, 0.25) is 0 Å². The lowest BCUT2D eigenvalue weighted by atomic mass is 9.95.